The van der Waals surface area contributed by atoms with Crippen molar-refractivity contribution >= 4 is 23.3 Å². The fourth-order valence-corrected chi connectivity index (χ4v) is 5.24. The molecule has 0 aliphatic carbocycles. The Balaban J connectivity index is 1.42. The van der Waals surface area contributed by atoms with Crippen LogP contribution in [0.1, 0.15) is 61.2 Å². The van der Waals surface area contributed by atoms with Gasteiger partial charge < -0.3 is 19.5 Å². The van der Waals surface area contributed by atoms with Gasteiger partial charge in [-0.1, -0.05) is 6.08 Å². The van der Waals surface area contributed by atoms with Crippen molar-refractivity contribution in [3.05, 3.63) is 53.9 Å². The van der Waals surface area contributed by atoms with E-state index in [0.29, 0.717) is 0 Å². The summed E-state index contributed by atoms with van der Waals surface area (Å²) in [5.74, 6) is 1.04. The molecular formula is C24H28N6O. The van der Waals surface area contributed by atoms with Gasteiger partial charge in [-0.15, -0.1) is 0 Å². The standard InChI is InChI=1S/C24H28N6O/c1-2-12-29(11-1)23-22(27-16-28-24(23)30-13-3-4-14-30)21-18(8-10-26-21)20-17(7-9-25-20)19-6-5-15-31-19/h1,7-11,16,19,21,25H,2-6,12-15H2. The second-order valence-electron chi connectivity index (χ2n) is 8.62. The summed E-state index contributed by atoms with van der Waals surface area (Å²) in [6, 6.07) is 2.01. The van der Waals surface area contributed by atoms with Crippen LogP contribution >= 0.6 is 0 Å². The Kier molecular flexibility index (Phi) is 4.83. The zero-order chi connectivity index (χ0) is 20.6. The number of nitrogens with one attached hydrogen (secondary N) is 1. The largest absolute Gasteiger partial charge is 0.373 e. The number of H-pyrrole nitrogens is 1. The number of allylic oxidation sites excluding steroid dienone is 1. The quantitative estimate of drug-likeness (QED) is 0.792. The topological polar surface area (TPSA) is 69.6 Å². The van der Waals surface area contributed by atoms with E-state index >= 15 is 0 Å². The zero-order valence-corrected chi connectivity index (χ0v) is 17.7. The second-order valence-corrected chi connectivity index (χ2v) is 8.62. The highest BCUT2D eigenvalue weighted by atomic mass is 16.5. The van der Waals surface area contributed by atoms with Gasteiger partial charge in [0.25, 0.3) is 0 Å². The third kappa shape index (κ3) is 3.28. The van der Waals surface area contributed by atoms with Gasteiger partial charge in [0.15, 0.2) is 5.82 Å². The lowest BCUT2D eigenvalue weighted by Gasteiger charge is -2.28. The van der Waals surface area contributed by atoms with E-state index in [0.717, 1.165) is 74.0 Å². The molecule has 2 aromatic heterocycles. The number of anilines is 2. The summed E-state index contributed by atoms with van der Waals surface area (Å²) < 4.78 is 5.99. The molecule has 0 radical (unpaired) electrons. The van der Waals surface area contributed by atoms with Crippen LogP contribution < -0.4 is 9.80 Å². The summed E-state index contributed by atoms with van der Waals surface area (Å²) >= 11 is 0. The first kappa shape index (κ1) is 18.8. The minimum atomic E-state index is -0.146. The highest BCUT2D eigenvalue weighted by Crippen LogP contribution is 2.45. The normalized spacial score (nSPS) is 25.2. The molecule has 4 aliphatic heterocycles. The van der Waals surface area contributed by atoms with Crippen LogP contribution in [0.2, 0.25) is 0 Å². The van der Waals surface area contributed by atoms with Crippen molar-refractivity contribution in [3.8, 4) is 0 Å². The number of aliphatic imine (C=N–C) groups is 1. The fraction of sp³-hybridized carbons (Fsp3) is 0.458. The summed E-state index contributed by atoms with van der Waals surface area (Å²) in [4.78, 5) is 22.6. The van der Waals surface area contributed by atoms with E-state index in [-0.39, 0.29) is 12.1 Å². The first-order chi connectivity index (χ1) is 15.4. The molecule has 31 heavy (non-hydrogen) atoms. The molecule has 2 saturated heterocycles. The molecule has 2 aromatic rings. The van der Waals surface area contributed by atoms with E-state index in [1.807, 2.05) is 12.4 Å². The molecule has 6 rings (SSSR count). The van der Waals surface area contributed by atoms with E-state index in [1.54, 1.807) is 6.33 Å². The maximum absolute atomic E-state index is 5.99. The van der Waals surface area contributed by atoms with Crippen LogP contribution in [0.3, 0.4) is 0 Å². The lowest BCUT2D eigenvalue weighted by molar-refractivity contribution is 0.112. The van der Waals surface area contributed by atoms with Crippen molar-refractivity contribution < 1.29 is 4.74 Å². The second kappa shape index (κ2) is 7.96. The number of ether oxygens (including phenoxy) is 1. The smallest absolute Gasteiger partial charge is 0.156 e. The third-order valence-electron chi connectivity index (χ3n) is 6.73. The van der Waals surface area contributed by atoms with E-state index < -0.39 is 0 Å². The van der Waals surface area contributed by atoms with Gasteiger partial charge in [0, 0.05) is 61.7 Å². The molecule has 0 aromatic carbocycles. The summed E-state index contributed by atoms with van der Waals surface area (Å²) in [5.41, 5.74) is 5.61. The van der Waals surface area contributed by atoms with Gasteiger partial charge in [-0.2, -0.15) is 0 Å². The summed E-state index contributed by atoms with van der Waals surface area (Å²) in [6.45, 7) is 3.90. The van der Waals surface area contributed by atoms with E-state index in [1.165, 1.54) is 18.4 Å². The molecule has 6 heterocycles. The Bertz CT molecular complexity index is 1040. The Hall–Kier alpha value is -2.93. The molecule has 0 saturated carbocycles. The van der Waals surface area contributed by atoms with E-state index in [4.69, 9.17) is 19.7 Å². The molecular weight excluding hydrogens is 388 g/mol. The first-order valence-corrected chi connectivity index (χ1v) is 11.5. The van der Waals surface area contributed by atoms with Gasteiger partial charge in [-0.3, -0.25) is 4.99 Å². The van der Waals surface area contributed by atoms with E-state index in [9.17, 15) is 0 Å². The number of aromatic amines is 1. The van der Waals surface area contributed by atoms with Gasteiger partial charge in [0.1, 0.15) is 18.1 Å². The maximum Gasteiger partial charge on any atom is 0.156 e. The predicted octanol–water partition coefficient (Wildman–Crippen LogP) is 4.19. The monoisotopic (exact) mass is 416 g/mol. The van der Waals surface area contributed by atoms with Crippen molar-refractivity contribution in [3.63, 3.8) is 0 Å². The predicted molar refractivity (Wildman–Crippen MR) is 123 cm³/mol. The minimum absolute atomic E-state index is 0.146. The van der Waals surface area contributed by atoms with Crippen LogP contribution in [-0.2, 0) is 4.74 Å². The molecule has 1 N–H and O–H groups in total. The van der Waals surface area contributed by atoms with Crippen LogP contribution in [0.5, 0.6) is 0 Å². The molecule has 4 aliphatic rings. The highest BCUT2D eigenvalue weighted by Gasteiger charge is 2.33. The highest BCUT2D eigenvalue weighted by molar-refractivity contribution is 5.93. The van der Waals surface area contributed by atoms with Crippen molar-refractivity contribution in [2.24, 2.45) is 4.99 Å². The van der Waals surface area contributed by atoms with Crippen LogP contribution in [0, 0.1) is 0 Å². The Morgan fingerprint density at radius 1 is 1.10 bits per heavy atom. The van der Waals surface area contributed by atoms with Crippen molar-refractivity contribution in [2.75, 3.05) is 36.0 Å². The van der Waals surface area contributed by atoms with Crippen LogP contribution in [-0.4, -0.2) is 47.4 Å². The van der Waals surface area contributed by atoms with Gasteiger partial charge in [0.05, 0.1) is 11.8 Å². The Morgan fingerprint density at radius 3 is 2.84 bits per heavy atom. The molecule has 160 valence electrons. The van der Waals surface area contributed by atoms with Crippen LogP contribution in [0.15, 0.2) is 41.9 Å². The maximum atomic E-state index is 5.99. The minimum Gasteiger partial charge on any atom is -0.373 e. The molecule has 0 bridgehead atoms. The molecule has 0 spiro atoms. The first-order valence-electron chi connectivity index (χ1n) is 11.5. The Morgan fingerprint density at radius 2 is 2.03 bits per heavy atom. The molecule has 0 amide bonds. The third-order valence-corrected chi connectivity index (χ3v) is 6.73. The van der Waals surface area contributed by atoms with Gasteiger partial charge in [-0.05, 0) is 44.2 Å². The van der Waals surface area contributed by atoms with Crippen LogP contribution in [0.25, 0.3) is 5.57 Å². The molecule has 2 atom stereocenters. The van der Waals surface area contributed by atoms with Crippen molar-refractivity contribution in [2.45, 2.75) is 44.2 Å². The molecule has 7 nitrogen and oxygen atoms in total. The summed E-state index contributed by atoms with van der Waals surface area (Å²) in [7, 11) is 0. The lowest BCUT2D eigenvalue weighted by Crippen LogP contribution is -2.26. The number of rotatable bonds is 5. The molecule has 2 unspecified atom stereocenters. The lowest BCUT2D eigenvalue weighted by atomic mass is 9.95. The van der Waals surface area contributed by atoms with E-state index in [2.05, 4.69) is 39.2 Å². The van der Waals surface area contributed by atoms with Gasteiger partial charge in [-0.25, -0.2) is 9.97 Å². The fourth-order valence-electron chi connectivity index (χ4n) is 5.24. The average molecular weight is 417 g/mol. The number of hydrogen-bond acceptors (Lipinski definition) is 6. The van der Waals surface area contributed by atoms with Crippen LogP contribution in [0.4, 0.5) is 11.5 Å². The molecule has 2 fully saturated rings. The summed E-state index contributed by atoms with van der Waals surface area (Å²) in [5, 5.41) is 0. The average Bonchev–Trinajstić information content (AvgIpc) is 3.64. The Labute approximate surface area is 182 Å². The number of hydrogen-bond donors (Lipinski definition) is 1. The van der Waals surface area contributed by atoms with Gasteiger partial charge in [0.2, 0.25) is 0 Å². The van der Waals surface area contributed by atoms with Crippen molar-refractivity contribution in [1.29, 1.82) is 0 Å². The molecule has 7 heteroatoms. The van der Waals surface area contributed by atoms with Gasteiger partial charge >= 0.3 is 0 Å². The number of nitrogens with zero attached hydrogens (tertiary/aromatic N) is 5. The zero-order valence-electron chi connectivity index (χ0n) is 17.7. The SMILES string of the molecule is C1=CN(c2c(C3N=CC=C3c3[nH]ccc3C3CCCO3)ncnc2N2CCCC2)CC1. The summed E-state index contributed by atoms with van der Waals surface area (Å²) in [6.07, 6.45) is 18.0. The van der Waals surface area contributed by atoms with Crippen molar-refractivity contribution in [1.82, 2.24) is 15.0 Å². The number of aromatic nitrogens is 3.